The Labute approximate surface area is 94.4 Å². The molecule has 1 aliphatic heterocycles. The summed E-state index contributed by atoms with van der Waals surface area (Å²) in [5.41, 5.74) is 0. The summed E-state index contributed by atoms with van der Waals surface area (Å²) >= 11 is 1.70. The maximum atomic E-state index is 11.3. The highest BCUT2D eigenvalue weighted by molar-refractivity contribution is 7.91. The Morgan fingerprint density at radius 2 is 2.40 bits per heavy atom. The highest BCUT2D eigenvalue weighted by Gasteiger charge is 2.28. The number of sulfone groups is 1. The number of nitrogens with one attached hydrogen (secondary N) is 1. The molecule has 0 saturated carbocycles. The van der Waals surface area contributed by atoms with Crippen LogP contribution >= 0.6 is 11.3 Å². The molecule has 2 atom stereocenters. The lowest BCUT2D eigenvalue weighted by molar-refractivity contribution is 0.490. The van der Waals surface area contributed by atoms with Gasteiger partial charge in [-0.05, 0) is 24.8 Å². The van der Waals surface area contributed by atoms with Gasteiger partial charge >= 0.3 is 0 Å². The number of thiophene rings is 1. The van der Waals surface area contributed by atoms with Crippen molar-refractivity contribution in [1.29, 1.82) is 0 Å². The molecule has 2 rings (SSSR count). The normalized spacial score (nSPS) is 26.6. The van der Waals surface area contributed by atoms with Crippen LogP contribution in [0.3, 0.4) is 0 Å². The van der Waals surface area contributed by atoms with Gasteiger partial charge in [0.25, 0.3) is 0 Å². The van der Waals surface area contributed by atoms with Gasteiger partial charge in [0.15, 0.2) is 9.84 Å². The van der Waals surface area contributed by atoms with Crippen LogP contribution in [0.25, 0.3) is 0 Å². The fraction of sp³-hybridized carbons (Fsp3) is 0.600. The van der Waals surface area contributed by atoms with Gasteiger partial charge in [-0.3, -0.25) is 0 Å². The monoisotopic (exact) mass is 245 g/mol. The zero-order valence-corrected chi connectivity index (χ0v) is 10.3. The van der Waals surface area contributed by atoms with Gasteiger partial charge in [-0.15, -0.1) is 11.3 Å². The average Bonchev–Trinajstić information content (AvgIpc) is 2.74. The fourth-order valence-electron chi connectivity index (χ4n) is 1.90. The summed E-state index contributed by atoms with van der Waals surface area (Å²) < 4.78 is 22.5. The van der Waals surface area contributed by atoms with Gasteiger partial charge in [0, 0.05) is 17.0 Å². The standard InChI is InChI=1S/C10H15NO2S2/c1-8(10-3-2-5-14-10)11-9-4-6-15(12,13)7-9/h2-3,5,8-9,11H,4,6-7H2,1H3/t8-,9-/m1/s1. The summed E-state index contributed by atoms with van der Waals surface area (Å²) in [6.45, 7) is 2.08. The number of hydrogen-bond donors (Lipinski definition) is 1. The van der Waals surface area contributed by atoms with Crippen molar-refractivity contribution in [3.05, 3.63) is 22.4 Å². The largest absolute Gasteiger partial charge is 0.306 e. The van der Waals surface area contributed by atoms with E-state index in [1.54, 1.807) is 11.3 Å². The molecule has 3 nitrogen and oxygen atoms in total. The van der Waals surface area contributed by atoms with E-state index < -0.39 is 9.84 Å². The summed E-state index contributed by atoms with van der Waals surface area (Å²) in [6.07, 6.45) is 0.748. The molecule has 1 N–H and O–H groups in total. The van der Waals surface area contributed by atoms with E-state index in [1.165, 1.54) is 4.88 Å². The second-order valence-electron chi connectivity index (χ2n) is 4.00. The summed E-state index contributed by atoms with van der Waals surface area (Å²) in [4.78, 5) is 1.26. The Morgan fingerprint density at radius 1 is 1.60 bits per heavy atom. The SMILES string of the molecule is C[C@@H](N[C@@H]1CCS(=O)(=O)C1)c1cccs1. The van der Waals surface area contributed by atoms with Gasteiger partial charge in [-0.25, -0.2) is 8.42 Å². The van der Waals surface area contributed by atoms with Crippen molar-refractivity contribution in [2.45, 2.75) is 25.4 Å². The molecule has 0 amide bonds. The van der Waals surface area contributed by atoms with Crippen LogP contribution in [0.5, 0.6) is 0 Å². The van der Waals surface area contributed by atoms with Gasteiger partial charge < -0.3 is 5.32 Å². The van der Waals surface area contributed by atoms with Crippen molar-refractivity contribution < 1.29 is 8.42 Å². The summed E-state index contributed by atoms with van der Waals surface area (Å²) in [6, 6.07) is 4.48. The maximum absolute atomic E-state index is 11.3. The van der Waals surface area contributed by atoms with E-state index in [0.29, 0.717) is 11.5 Å². The molecule has 5 heteroatoms. The molecule has 2 heterocycles. The van der Waals surface area contributed by atoms with Crippen molar-refractivity contribution in [2.75, 3.05) is 11.5 Å². The Morgan fingerprint density at radius 3 is 2.93 bits per heavy atom. The minimum absolute atomic E-state index is 0.132. The van der Waals surface area contributed by atoms with Crippen LogP contribution in [0.2, 0.25) is 0 Å². The van der Waals surface area contributed by atoms with Gasteiger partial charge in [0.1, 0.15) is 0 Å². The zero-order chi connectivity index (χ0) is 10.9. The van der Waals surface area contributed by atoms with Gasteiger partial charge in [-0.1, -0.05) is 6.07 Å². The highest BCUT2D eigenvalue weighted by Crippen LogP contribution is 2.21. The summed E-state index contributed by atoms with van der Waals surface area (Å²) in [5.74, 6) is 0.630. The first-order valence-corrected chi connectivity index (χ1v) is 7.77. The first kappa shape index (κ1) is 11.1. The molecule has 0 unspecified atom stereocenters. The molecule has 1 aromatic heterocycles. The minimum Gasteiger partial charge on any atom is -0.306 e. The summed E-state index contributed by atoms with van der Waals surface area (Å²) in [7, 11) is -2.77. The molecule has 15 heavy (non-hydrogen) atoms. The van der Waals surface area contributed by atoms with E-state index in [4.69, 9.17) is 0 Å². The molecule has 1 aliphatic rings. The summed E-state index contributed by atoms with van der Waals surface area (Å²) in [5, 5.41) is 5.41. The van der Waals surface area contributed by atoms with Gasteiger partial charge in [0.05, 0.1) is 11.5 Å². The maximum Gasteiger partial charge on any atom is 0.151 e. The lowest BCUT2D eigenvalue weighted by Gasteiger charge is -2.16. The highest BCUT2D eigenvalue weighted by atomic mass is 32.2. The van der Waals surface area contributed by atoms with Crippen LogP contribution in [-0.4, -0.2) is 26.0 Å². The van der Waals surface area contributed by atoms with Gasteiger partial charge in [0.2, 0.25) is 0 Å². The quantitative estimate of drug-likeness (QED) is 0.879. The molecule has 0 aliphatic carbocycles. The molecule has 1 saturated heterocycles. The third-order valence-corrected chi connectivity index (χ3v) is 5.51. The average molecular weight is 245 g/mol. The van der Waals surface area contributed by atoms with Crippen molar-refractivity contribution in [1.82, 2.24) is 5.32 Å². The zero-order valence-electron chi connectivity index (χ0n) is 8.64. The van der Waals surface area contributed by atoms with Crippen LogP contribution in [0.1, 0.15) is 24.3 Å². The molecule has 0 spiro atoms. The van der Waals surface area contributed by atoms with Crippen LogP contribution in [0, 0.1) is 0 Å². The Kier molecular flexibility index (Phi) is 3.13. The lowest BCUT2D eigenvalue weighted by atomic mass is 10.2. The predicted molar refractivity (Wildman–Crippen MR) is 62.9 cm³/mol. The van der Waals surface area contributed by atoms with Gasteiger partial charge in [-0.2, -0.15) is 0 Å². The Balaban J connectivity index is 1.94. The predicted octanol–water partition coefficient (Wildman–Crippen LogP) is 1.59. The third kappa shape index (κ3) is 2.80. The van der Waals surface area contributed by atoms with E-state index in [9.17, 15) is 8.42 Å². The van der Waals surface area contributed by atoms with Crippen LogP contribution in [0.4, 0.5) is 0 Å². The lowest BCUT2D eigenvalue weighted by Crippen LogP contribution is -2.31. The number of hydrogen-bond acceptors (Lipinski definition) is 4. The third-order valence-electron chi connectivity index (χ3n) is 2.69. The molecular weight excluding hydrogens is 230 g/mol. The molecule has 1 fully saturated rings. The number of rotatable bonds is 3. The molecule has 0 aromatic carbocycles. The second kappa shape index (κ2) is 4.23. The van der Waals surface area contributed by atoms with Crippen LogP contribution < -0.4 is 5.32 Å². The molecule has 0 radical (unpaired) electrons. The fourth-order valence-corrected chi connectivity index (χ4v) is 4.33. The smallest absolute Gasteiger partial charge is 0.151 e. The van der Waals surface area contributed by atoms with E-state index >= 15 is 0 Å². The first-order valence-electron chi connectivity index (χ1n) is 5.07. The van der Waals surface area contributed by atoms with Crippen LogP contribution in [-0.2, 0) is 9.84 Å². The van der Waals surface area contributed by atoms with Crippen molar-refractivity contribution in [2.24, 2.45) is 0 Å². The second-order valence-corrected chi connectivity index (χ2v) is 7.21. The minimum atomic E-state index is -2.77. The molecule has 84 valence electrons. The van der Waals surface area contributed by atoms with Crippen molar-refractivity contribution in [3.8, 4) is 0 Å². The Hall–Kier alpha value is -0.390. The van der Waals surface area contributed by atoms with Crippen LogP contribution in [0.15, 0.2) is 17.5 Å². The molecule has 0 bridgehead atoms. The first-order chi connectivity index (χ1) is 7.07. The van der Waals surface area contributed by atoms with Crippen molar-refractivity contribution >= 4 is 21.2 Å². The van der Waals surface area contributed by atoms with E-state index in [0.717, 1.165) is 6.42 Å². The van der Waals surface area contributed by atoms with E-state index in [1.807, 2.05) is 11.4 Å². The van der Waals surface area contributed by atoms with E-state index in [2.05, 4.69) is 18.3 Å². The van der Waals surface area contributed by atoms with Crippen molar-refractivity contribution in [3.63, 3.8) is 0 Å². The molecular formula is C10H15NO2S2. The Bertz CT molecular complexity index is 411. The molecule has 1 aromatic rings. The topological polar surface area (TPSA) is 46.2 Å². The van der Waals surface area contributed by atoms with E-state index in [-0.39, 0.29) is 12.1 Å².